The second-order valence-corrected chi connectivity index (χ2v) is 5.68. The normalized spacial score (nSPS) is 23.8. The van der Waals surface area contributed by atoms with Crippen LogP contribution in [-0.2, 0) is 11.8 Å². The molecule has 2 heterocycles. The number of rotatable bonds is 4. The Balaban J connectivity index is 1.95. The number of aliphatic hydroxyl groups excluding tert-OH is 1. The number of anilines is 1. The molecule has 0 radical (unpaired) electrons. The summed E-state index contributed by atoms with van der Waals surface area (Å²) in [5, 5.41) is 16.6. The molecule has 1 saturated heterocycles. The van der Waals surface area contributed by atoms with Gasteiger partial charge in [0.05, 0.1) is 18.8 Å². The molecule has 1 aliphatic rings. The van der Waals surface area contributed by atoms with Crippen LogP contribution in [0.1, 0.15) is 25.5 Å². The van der Waals surface area contributed by atoms with Gasteiger partial charge >= 0.3 is 0 Å². The molecule has 2 N–H and O–H groups in total. The SMILES string of the molecule is Cc1cc(NC(=O)CN2CCCC(C)C2CO)n(C)n1. The molecule has 1 aliphatic heterocycles. The summed E-state index contributed by atoms with van der Waals surface area (Å²) in [7, 11) is 1.81. The van der Waals surface area contributed by atoms with Gasteiger partial charge in [0.1, 0.15) is 5.82 Å². The lowest BCUT2D eigenvalue weighted by atomic mass is 9.91. The van der Waals surface area contributed by atoms with Gasteiger partial charge in [0.15, 0.2) is 0 Å². The number of nitrogens with zero attached hydrogens (tertiary/aromatic N) is 3. The Kier molecular flexibility index (Phi) is 4.77. The Bertz CT molecular complexity index is 472. The lowest BCUT2D eigenvalue weighted by Crippen LogP contribution is -2.49. The molecule has 0 aliphatic carbocycles. The molecule has 6 heteroatoms. The van der Waals surface area contributed by atoms with Gasteiger partial charge in [0.2, 0.25) is 5.91 Å². The summed E-state index contributed by atoms with van der Waals surface area (Å²) in [5.41, 5.74) is 0.877. The number of piperidine rings is 1. The van der Waals surface area contributed by atoms with E-state index in [0.717, 1.165) is 25.1 Å². The summed E-state index contributed by atoms with van der Waals surface area (Å²) in [4.78, 5) is 14.2. The highest BCUT2D eigenvalue weighted by atomic mass is 16.3. The number of aromatic nitrogens is 2. The van der Waals surface area contributed by atoms with Gasteiger partial charge in [-0.15, -0.1) is 0 Å². The predicted octanol–water partition coefficient (Wildman–Crippen LogP) is 0.760. The van der Waals surface area contributed by atoms with Gasteiger partial charge in [-0.3, -0.25) is 14.4 Å². The van der Waals surface area contributed by atoms with E-state index in [1.165, 1.54) is 0 Å². The topological polar surface area (TPSA) is 70.4 Å². The molecule has 2 atom stereocenters. The van der Waals surface area contributed by atoms with Gasteiger partial charge in [-0.2, -0.15) is 5.10 Å². The molecule has 1 aromatic rings. The first-order chi connectivity index (χ1) is 9.51. The molecule has 0 aromatic carbocycles. The number of carbonyl (C=O) groups is 1. The summed E-state index contributed by atoms with van der Waals surface area (Å²) >= 11 is 0. The highest BCUT2D eigenvalue weighted by Gasteiger charge is 2.29. The van der Waals surface area contributed by atoms with Crippen molar-refractivity contribution >= 4 is 11.7 Å². The third-order valence-corrected chi connectivity index (χ3v) is 4.03. The molecule has 1 amide bonds. The summed E-state index contributed by atoms with van der Waals surface area (Å²) < 4.78 is 1.66. The number of carbonyl (C=O) groups excluding carboxylic acids is 1. The maximum atomic E-state index is 12.1. The average molecular weight is 280 g/mol. The van der Waals surface area contributed by atoms with Crippen molar-refractivity contribution in [2.45, 2.75) is 32.7 Å². The Labute approximate surface area is 119 Å². The van der Waals surface area contributed by atoms with Crippen molar-refractivity contribution in [1.29, 1.82) is 0 Å². The van der Waals surface area contributed by atoms with Crippen LogP contribution < -0.4 is 5.32 Å². The van der Waals surface area contributed by atoms with Crippen LogP contribution in [0.25, 0.3) is 0 Å². The van der Waals surface area contributed by atoms with Crippen molar-refractivity contribution < 1.29 is 9.90 Å². The van der Waals surface area contributed by atoms with E-state index in [0.29, 0.717) is 18.3 Å². The first-order valence-corrected chi connectivity index (χ1v) is 7.16. The first kappa shape index (κ1) is 15.0. The molecular formula is C14H24N4O2. The van der Waals surface area contributed by atoms with E-state index in [2.05, 4.69) is 22.2 Å². The molecular weight excluding hydrogens is 256 g/mol. The lowest BCUT2D eigenvalue weighted by molar-refractivity contribution is -0.118. The van der Waals surface area contributed by atoms with Gasteiger partial charge in [-0.05, 0) is 32.2 Å². The quantitative estimate of drug-likeness (QED) is 0.854. The van der Waals surface area contributed by atoms with Crippen LogP contribution in [0.2, 0.25) is 0 Å². The number of nitrogens with one attached hydrogen (secondary N) is 1. The van der Waals surface area contributed by atoms with Crippen molar-refractivity contribution in [2.75, 3.05) is 25.0 Å². The van der Waals surface area contributed by atoms with E-state index >= 15 is 0 Å². The number of aryl methyl sites for hydroxylation is 2. The standard InChI is InChI=1S/C14H24N4O2/c1-10-5-4-6-18(12(10)9-19)8-14(20)15-13-7-11(2)16-17(13)3/h7,10,12,19H,4-6,8-9H2,1-3H3,(H,15,20). The maximum absolute atomic E-state index is 12.1. The zero-order valence-corrected chi connectivity index (χ0v) is 12.5. The maximum Gasteiger partial charge on any atom is 0.239 e. The van der Waals surface area contributed by atoms with Gasteiger partial charge in [0.25, 0.3) is 0 Å². The fourth-order valence-electron chi connectivity index (χ4n) is 2.92. The van der Waals surface area contributed by atoms with Crippen LogP contribution in [-0.4, -0.2) is 51.4 Å². The van der Waals surface area contributed by atoms with Crippen molar-refractivity contribution in [3.05, 3.63) is 11.8 Å². The number of aliphatic hydroxyl groups is 1. The van der Waals surface area contributed by atoms with E-state index in [-0.39, 0.29) is 18.6 Å². The highest BCUT2D eigenvalue weighted by molar-refractivity contribution is 5.91. The van der Waals surface area contributed by atoms with Crippen LogP contribution in [0.4, 0.5) is 5.82 Å². The van der Waals surface area contributed by atoms with E-state index in [4.69, 9.17) is 0 Å². The lowest BCUT2D eigenvalue weighted by Gasteiger charge is -2.38. The van der Waals surface area contributed by atoms with Crippen LogP contribution in [0, 0.1) is 12.8 Å². The molecule has 20 heavy (non-hydrogen) atoms. The zero-order valence-electron chi connectivity index (χ0n) is 12.5. The van der Waals surface area contributed by atoms with E-state index in [9.17, 15) is 9.90 Å². The van der Waals surface area contributed by atoms with Gasteiger partial charge in [-0.25, -0.2) is 0 Å². The monoisotopic (exact) mass is 280 g/mol. The van der Waals surface area contributed by atoms with Crippen molar-refractivity contribution in [1.82, 2.24) is 14.7 Å². The Morgan fingerprint density at radius 2 is 2.35 bits per heavy atom. The minimum atomic E-state index is -0.0550. The van der Waals surface area contributed by atoms with Gasteiger partial charge in [0, 0.05) is 19.2 Å². The molecule has 2 rings (SSSR count). The van der Waals surface area contributed by atoms with E-state index < -0.39 is 0 Å². The number of hydrogen-bond acceptors (Lipinski definition) is 4. The number of amides is 1. The molecule has 1 fully saturated rings. The van der Waals surface area contributed by atoms with Crippen LogP contribution in [0.3, 0.4) is 0 Å². The van der Waals surface area contributed by atoms with E-state index in [1.54, 1.807) is 4.68 Å². The fourth-order valence-corrected chi connectivity index (χ4v) is 2.92. The van der Waals surface area contributed by atoms with Crippen molar-refractivity contribution in [2.24, 2.45) is 13.0 Å². The molecule has 0 saturated carbocycles. The largest absolute Gasteiger partial charge is 0.395 e. The van der Waals surface area contributed by atoms with Crippen molar-refractivity contribution in [3.63, 3.8) is 0 Å². The second kappa shape index (κ2) is 6.37. The molecule has 0 bridgehead atoms. The van der Waals surface area contributed by atoms with Gasteiger partial charge in [-0.1, -0.05) is 6.92 Å². The molecule has 112 valence electrons. The van der Waals surface area contributed by atoms with Crippen LogP contribution in [0.15, 0.2) is 6.07 Å². The molecule has 0 spiro atoms. The Hall–Kier alpha value is -1.40. The Morgan fingerprint density at radius 3 is 2.95 bits per heavy atom. The third kappa shape index (κ3) is 3.37. The van der Waals surface area contributed by atoms with Crippen LogP contribution >= 0.6 is 0 Å². The first-order valence-electron chi connectivity index (χ1n) is 7.16. The third-order valence-electron chi connectivity index (χ3n) is 4.03. The highest BCUT2D eigenvalue weighted by Crippen LogP contribution is 2.22. The summed E-state index contributed by atoms with van der Waals surface area (Å²) in [6.45, 7) is 5.33. The minimum absolute atomic E-state index is 0.0550. The van der Waals surface area contributed by atoms with Crippen molar-refractivity contribution in [3.8, 4) is 0 Å². The average Bonchev–Trinajstić information content (AvgIpc) is 2.68. The molecule has 2 unspecified atom stereocenters. The Morgan fingerprint density at radius 1 is 1.60 bits per heavy atom. The van der Waals surface area contributed by atoms with Crippen LogP contribution in [0.5, 0.6) is 0 Å². The smallest absolute Gasteiger partial charge is 0.239 e. The number of hydrogen-bond donors (Lipinski definition) is 2. The molecule has 6 nitrogen and oxygen atoms in total. The summed E-state index contributed by atoms with van der Waals surface area (Å²) in [6.07, 6.45) is 2.19. The second-order valence-electron chi connectivity index (χ2n) is 5.68. The zero-order chi connectivity index (χ0) is 14.7. The minimum Gasteiger partial charge on any atom is -0.395 e. The summed E-state index contributed by atoms with van der Waals surface area (Å²) in [5.74, 6) is 1.08. The fraction of sp³-hybridized carbons (Fsp3) is 0.714. The summed E-state index contributed by atoms with van der Waals surface area (Å²) in [6, 6.07) is 1.93. The number of likely N-dealkylation sites (tertiary alicyclic amines) is 1. The van der Waals surface area contributed by atoms with Gasteiger partial charge < -0.3 is 10.4 Å². The predicted molar refractivity (Wildman–Crippen MR) is 77.4 cm³/mol. The van der Waals surface area contributed by atoms with E-state index in [1.807, 2.05) is 20.0 Å². The molecule has 1 aromatic heterocycles.